The van der Waals surface area contributed by atoms with Crippen LogP contribution in [0.1, 0.15) is 29.7 Å². The molecule has 218 valence electrons. The Kier molecular flexibility index (Phi) is 8.86. The molecule has 0 saturated carbocycles. The summed E-state index contributed by atoms with van der Waals surface area (Å²) in [5, 5.41) is 8.73. The molecule has 2 aromatic heterocycles. The van der Waals surface area contributed by atoms with E-state index >= 15 is 0 Å². The molecule has 0 unspecified atom stereocenters. The molecule has 1 fully saturated rings. The summed E-state index contributed by atoms with van der Waals surface area (Å²) in [6, 6.07) is 27.7. The Labute approximate surface area is 260 Å². The molecule has 0 aliphatic carbocycles. The van der Waals surface area contributed by atoms with E-state index in [1.54, 1.807) is 18.3 Å². The quantitative estimate of drug-likeness (QED) is 0.128. The van der Waals surface area contributed by atoms with Crippen LogP contribution in [0.2, 0.25) is 10.0 Å². The molecule has 1 saturated heterocycles. The smallest absolute Gasteiger partial charge is 0.250 e. The van der Waals surface area contributed by atoms with Gasteiger partial charge in [0.1, 0.15) is 11.5 Å². The summed E-state index contributed by atoms with van der Waals surface area (Å²) >= 11 is 12.4. The molecule has 5 aromatic rings. The Bertz CT molecular complexity index is 1700. The number of benzene rings is 3. The van der Waals surface area contributed by atoms with E-state index in [1.165, 1.54) is 11.1 Å². The minimum Gasteiger partial charge on any atom is -0.455 e. The highest BCUT2D eigenvalue weighted by Gasteiger charge is 2.22. The van der Waals surface area contributed by atoms with Gasteiger partial charge in [0.05, 0.1) is 11.2 Å². The van der Waals surface area contributed by atoms with Gasteiger partial charge in [0.2, 0.25) is 17.8 Å². The SMILES string of the molecule is Cc1ccc(Nc2nc(N/N=C/c3ccc(-c4ccc(Cl)cc4Cl)o3)nc(N3CCC(Cc4ccccc4)CC3)n2)cc1. The molecular weight excluding hydrogens is 581 g/mol. The number of aromatic nitrogens is 3. The van der Waals surface area contributed by atoms with Crippen LogP contribution in [0.5, 0.6) is 0 Å². The van der Waals surface area contributed by atoms with Crippen molar-refractivity contribution < 1.29 is 4.42 Å². The summed E-state index contributed by atoms with van der Waals surface area (Å²) in [6.45, 7) is 3.80. The highest BCUT2D eigenvalue weighted by atomic mass is 35.5. The summed E-state index contributed by atoms with van der Waals surface area (Å²) in [5.41, 5.74) is 7.16. The van der Waals surface area contributed by atoms with E-state index in [4.69, 9.17) is 37.6 Å². The Morgan fingerprint density at radius 1 is 0.907 bits per heavy atom. The maximum Gasteiger partial charge on any atom is 0.250 e. The second-order valence-corrected chi connectivity index (χ2v) is 11.4. The van der Waals surface area contributed by atoms with Gasteiger partial charge in [-0.25, -0.2) is 5.43 Å². The van der Waals surface area contributed by atoms with Crippen molar-refractivity contribution in [3.8, 4) is 11.3 Å². The van der Waals surface area contributed by atoms with Gasteiger partial charge < -0.3 is 14.6 Å². The van der Waals surface area contributed by atoms with Crippen LogP contribution in [0.4, 0.5) is 23.5 Å². The van der Waals surface area contributed by atoms with Gasteiger partial charge in [0, 0.05) is 29.4 Å². The van der Waals surface area contributed by atoms with Gasteiger partial charge in [0.25, 0.3) is 0 Å². The fourth-order valence-corrected chi connectivity index (χ4v) is 5.57. The van der Waals surface area contributed by atoms with Crippen molar-refractivity contribution in [2.24, 2.45) is 11.0 Å². The predicted octanol–water partition coefficient (Wildman–Crippen LogP) is 8.40. The monoisotopic (exact) mass is 611 g/mol. The molecule has 6 rings (SSSR count). The van der Waals surface area contributed by atoms with Gasteiger partial charge in [-0.3, -0.25) is 0 Å². The summed E-state index contributed by atoms with van der Waals surface area (Å²) in [5.74, 6) is 3.17. The van der Waals surface area contributed by atoms with Gasteiger partial charge in [0.15, 0.2) is 0 Å². The first-order valence-electron chi connectivity index (χ1n) is 14.2. The van der Waals surface area contributed by atoms with Crippen LogP contribution in [0, 0.1) is 12.8 Å². The van der Waals surface area contributed by atoms with Crippen LogP contribution in [0.15, 0.2) is 94.4 Å². The van der Waals surface area contributed by atoms with E-state index in [0.29, 0.717) is 45.3 Å². The molecule has 3 heterocycles. The van der Waals surface area contributed by atoms with Crippen molar-refractivity contribution in [2.75, 3.05) is 28.7 Å². The summed E-state index contributed by atoms with van der Waals surface area (Å²) in [4.78, 5) is 16.3. The molecule has 10 heteroatoms. The highest BCUT2D eigenvalue weighted by molar-refractivity contribution is 6.36. The number of nitrogens with zero attached hydrogens (tertiary/aromatic N) is 5. The number of hydrogen-bond donors (Lipinski definition) is 2. The van der Waals surface area contributed by atoms with Crippen LogP contribution in [0.25, 0.3) is 11.3 Å². The van der Waals surface area contributed by atoms with Gasteiger partial charge in [-0.1, -0.05) is 71.2 Å². The molecule has 2 N–H and O–H groups in total. The van der Waals surface area contributed by atoms with Gasteiger partial charge in [-0.05, 0) is 80.1 Å². The third-order valence-corrected chi connectivity index (χ3v) is 7.92. The first-order chi connectivity index (χ1) is 21.0. The van der Waals surface area contributed by atoms with E-state index in [-0.39, 0.29) is 0 Å². The maximum atomic E-state index is 6.34. The number of piperidine rings is 1. The lowest BCUT2D eigenvalue weighted by Gasteiger charge is -2.32. The number of aryl methyl sites for hydroxylation is 1. The van der Waals surface area contributed by atoms with Crippen molar-refractivity contribution in [2.45, 2.75) is 26.2 Å². The molecule has 0 atom stereocenters. The van der Waals surface area contributed by atoms with Crippen LogP contribution in [-0.2, 0) is 6.42 Å². The number of nitrogens with one attached hydrogen (secondary N) is 2. The molecule has 3 aromatic carbocycles. The van der Waals surface area contributed by atoms with Crippen molar-refractivity contribution in [1.29, 1.82) is 0 Å². The molecule has 0 bridgehead atoms. The molecule has 0 spiro atoms. The van der Waals surface area contributed by atoms with Crippen molar-refractivity contribution in [1.82, 2.24) is 15.0 Å². The average molecular weight is 613 g/mol. The Balaban J connectivity index is 1.17. The fourth-order valence-electron chi connectivity index (χ4n) is 5.07. The van der Waals surface area contributed by atoms with E-state index in [1.807, 2.05) is 42.5 Å². The molecule has 1 aliphatic heterocycles. The minimum absolute atomic E-state index is 0.329. The number of anilines is 4. The van der Waals surface area contributed by atoms with Gasteiger partial charge in [-0.15, -0.1) is 0 Å². The number of hydrazone groups is 1. The molecular formula is C33H31Cl2N7O. The standard InChI is InChI=1S/C33H31Cl2N7O/c1-22-7-10-26(11-8-22)37-31-38-32(41-36-21-27-12-14-30(43-27)28-13-9-25(34)20-29(28)35)40-33(39-31)42-17-15-24(16-18-42)19-23-5-3-2-4-6-23/h2-14,20-21,24H,15-19H2,1H3,(H2,37,38,39,40,41)/b36-21+. The second kappa shape index (κ2) is 13.3. The number of rotatable bonds is 9. The molecule has 0 amide bonds. The van der Waals surface area contributed by atoms with Crippen LogP contribution >= 0.6 is 23.2 Å². The Morgan fingerprint density at radius 3 is 2.44 bits per heavy atom. The van der Waals surface area contributed by atoms with E-state index in [0.717, 1.165) is 43.6 Å². The van der Waals surface area contributed by atoms with Crippen molar-refractivity contribution in [3.05, 3.63) is 112 Å². The molecule has 43 heavy (non-hydrogen) atoms. The Morgan fingerprint density at radius 2 is 1.67 bits per heavy atom. The van der Waals surface area contributed by atoms with E-state index in [2.05, 4.69) is 63.0 Å². The second-order valence-electron chi connectivity index (χ2n) is 10.6. The van der Waals surface area contributed by atoms with Gasteiger partial charge in [-0.2, -0.15) is 20.1 Å². The van der Waals surface area contributed by atoms with Crippen molar-refractivity contribution in [3.63, 3.8) is 0 Å². The summed E-state index contributed by atoms with van der Waals surface area (Å²) < 4.78 is 5.92. The lowest BCUT2D eigenvalue weighted by Crippen LogP contribution is -2.35. The Hall–Kier alpha value is -4.40. The normalized spacial score (nSPS) is 13.9. The number of hydrogen-bond acceptors (Lipinski definition) is 8. The third-order valence-electron chi connectivity index (χ3n) is 7.38. The lowest BCUT2D eigenvalue weighted by atomic mass is 9.90. The zero-order chi connectivity index (χ0) is 29.6. The first-order valence-corrected chi connectivity index (χ1v) is 15.0. The third kappa shape index (κ3) is 7.52. The topological polar surface area (TPSA) is 91.5 Å². The number of furan rings is 1. The zero-order valence-corrected chi connectivity index (χ0v) is 25.2. The maximum absolute atomic E-state index is 6.34. The van der Waals surface area contributed by atoms with E-state index in [9.17, 15) is 0 Å². The summed E-state index contributed by atoms with van der Waals surface area (Å²) in [7, 11) is 0. The molecule has 8 nitrogen and oxygen atoms in total. The van der Waals surface area contributed by atoms with Crippen LogP contribution in [-0.4, -0.2) is 34.3 Å². The molecule has 1 aliphatic rings. The van der Waals surface area contributed by atoms with Crippen molar-refractivity contribution >= 4 is 52.9 Å². The largest absolute Gasteiger partial charge is 0.455 e. The highest BCUT2D eigenvalue weighted by Crippen LogP contribution is 2.31. The van der Waals surface area contributed by atoms with Crippen LogP contribution < -0.4 is 15.6 Å². The van der Waals surface area contributed by atoms with Crippen LogP contribution in [0.3, 0.4) is 0 Å². The predicted molar refractivity (Wildman–Crippen MR) is 175 cm³/mol. The molecule has 0 radical (unpaired) electrons. The number of halogens is 2. The average Bonchev–Trinajstić information content (AvgIpc) is 3.48. The first kappa shape index (κ1) is 28.7. The lowest BCUT2D eigenvalue weighted by molar-refractivity contribution is 0.400. The summed E-state index contributed by atoms with van der Waals surface area (Å²) in [6.07, 6.45) is 4.80. The minimum atomic E-state index is 0.329. The van der Waals surface area contributed by atoms with Gasteiger partial charge >= 0.3 is 0 Å². The fraction of sp³-hybridized carbons (Fsp3) is 0.212. The van der Waals surface area contributed by atoms with E-state index < -0.39 is 0 Å². The zero-order valence-electron chi connectivity index (χ0n) is 23.7.